The van der Waals surface area contributed by atoms with Crippen LogP contribution in [-0.2, 0) is 10.0 Å². The van der Waals surface area contributed by atoms with E-state index in [9.17, 15) is 33.4 Å². The number of anilines is 2. The Balaban J connectivity index is 1.83. The first kappa shape index (κ1) is 23.5. The summed E-state index contributed by atoms with van der Waals surface area (Å²) in [5, 5.41) is 23.9. The number of non-ortho nitro benzene ring substituents is 1. The highest BCUT2D eigenvalue weighted by Crippen LogP contribution is 2.33. The number of sulfonamides is 1. The number of halogens is 1. The van der Waals surface area contributed by atoms with Crippen molar-refractivity contribution in [2.75, 3.05) is 10.0 Å². The van der Waals surface area contributed by atoms with E-state index >= 15 is 0 Å². The van der Waals surface area contributed by atoms with Crippen LogP contribution in [0.3, 0.4) is 0 Å². The average molecular weight is 493 g/mol. The first-order valence-corrected chi connectivity index (χ1v) is 10.7. The van der Waals surface area contributed by atoms with Gasteiger partial charge < -0.3 is 5.32 Å². The number of rotatable bonds is 7. The average Bonchev–Trinajstić information content (AvgIpc) is 2.73. The molecule has 0 saturated heterocycles. The highest BCUT2D eigenvalue weighted by molar-refractivity contribution is 7.92. The van der Waals surface area contributed by atoms with Crippen LogP contribution < -0.4 is 10.0 Å². The maximum Gasteiger partial charge on any atom is 0.295 e. The molecule has 0 fully saturated rings. The van der Waals surface area contributed by atoms with Crippen LogP contribution in [0.1, 0.15) is 16.1 Å². The summed E-state index contributed by atoms with van der Waals surface area (Å²) in [4.78, 5) is 40.5. The number of nitrogens with one attached hydrogen (secondary N) is 2. The summed E-state index contributed by atoms with van der Waals surface area (Å²) in [6.07, 6.45) is 1.39. The second-order valence-corrected chi connectivity index (χ2v) is 8.51. The summed E-state index contributed by atoms with van der Waals surface area (Å²) in [5.41, 5.74) is -1.33. The van der Waals surface area contributed by atoms with Crippen molar-refractivity contribution in [2.24, 2.45) is 0 Å². The molecule has 170 valence electrons. The number of nitrogens with zero attached hydrogens (tertiary/aromatic N) is 4. The third kappa shape index (κ3) is 5.36. The van der Waals surface area contributed by atoms with Crippen LogP contribution in [0.2, 0.25) is 5.02 Å². The number of carbonyl (C=O) groups excluding carboxylic acids is 1. The lowest BCUT2D eigenvalue weighted by molar-refractivity contribution is -0.394. The number of aryl methyl sites for hydroxylation is 1. The Bertz CT molecular complexity index is 1380. The van der Waals surface area contributed by atoms with E-state index in [1.54, 1.807) is 13.0 Å². The number of hydrogen-bond donors (Lipinski definition) is 2. The van der Waals surface area contributed by atoms with E-state index in [2.05, 4.69) is 20.0 Å². The molecule has 0 saturated carbocycles. The molecule has 1 amide bonds. The van der Waals surface area contributed by atoms with E-state index in [1.165, 1.54) is 30.5 Å². The van der Waals surface area contributed by atoms with Crippen molar-refractivity contribution in [2.45, 2.75) is 11.8 Å². The lowest BCUT2D eigenvalue weighted by Crippen LogP contribution is -2.16. The van der Waals surface area contributed by atoms with Crippen LogP contribution in [0.4, 0.5) is 23.0 Å². The molecule has 0 aliphatic heterocycles. The SMILES string of the molecule is Cc1ccnc(NS(=O)(=O)c2ccc(NC(=O)c3cc([N+](=O)[O-])cc([N+](=O)[O-])c3Cl)cc2)n1. The van der Waals surface area contributed by atoms with Gasteiger partial charge in [-0.05, 0) is 37.3 Å². The molecule has 0 aliphatic rings. The molecule has 0 unspecified atom stereocenters. The van der Waals surface area contributed by atoms with Crippen LogP contribution >= 0.6 is 11.6 Å². The fraction of sp³-hybridized carbons (Fsp3) is 0.0556. The molecule has 0 spiro atoms. The van der Waals surface area contributed by atoms with Gasteiger partial charge in [0.25, 0.3) is 27.3 Å². The van der Waals surface area contributed by atoms with Gasteiger partial charge >= 0.3 is 0 Å². The second kappa shape index (κ2) is 9.13. The third-order valence-electron chi connectivity index (χ3n) is 4.13. The van der Waals surface area contributed by atoms with Gasteiger partial charge in [-0.2, -0.15) is 0 Å². The van der Waals surface area contributed by atoms with Crippen molar-refractivity contribution in [1.82, 2.24) is 9.97 Å². The van der Waals surface area contributed by atoms with Gasteiger partial charge in [-0.15, -0.1) is 0 Å². The molecular formula is C18H13ClN6O7S. The molecule has 0 bridgehead atoms. The summed E-state index contributed by atoms with van der Waals surface area (Å²) < 4.78 is 27.2. The summed E-state index contributed by atoms with van der Waals surface area (Å²) in [5.74, 6) is -1.08. The quantitative estimate of drug-likeness (QED) is 0.368. The Hall–Kier alpha value is -4.17. The molecule has 0 aliphatic carbocycles. The van der Waals surface area contributed by atoms with E-state index in [4.69, 9.17) is 11.6 Å². The molecule has 1 heterocycles. The standard InChI is InChI=1S/C18H13ClN6O7S/c1-10-6-7-20-18(21-10)23-33(31,32)13-4-2-11(3-5-13)22-17(26)14-8-12(24(27)28)9-15(16(14)19)25(29)30/h2-9H,1H3,(H,22,26)(H,20,21,23). The van der Waals surface area contributed by atoms with Crippen molar-refractivity contribution in [3.8, 4) is 0 Å². The van der Waals surface area contributed by atoms with Gasteiger partial charge in [0.2, 0.25) is 5.95 Å². The number of aromatic nitrogens is 2. The molecule has 2 N–H and O–H groups in total. The minimum atomic E-state index is -4.02. The van der Waals surface area contributed by atoms with Crippen molar-refractivity contribution in [1.29, 1.82) is 0 Å². The Morgan fingerprint density at radius 1 is 1.06 bits per heavy atom. The van der Waals surface area contributed by atoms with E-state index < -0.39 is 47.7 Å². The maximum absolute atomic E-state index is 12.6. The number of benzene rings is 2. The van der Waals surface area contributed by atoms with Crippen molar-refractivity contribution in [3.63, 3.8) is 0 Å². The molecule has 15 heteroatoms. The smallest absolute Gasteiger partial charge is 0.295 e. The minimum Gasteiger partial charge on any atom is -0.322 e. The lowest BCUT2D eigenvalue weighted by atomic mass is 10.1. The summed E-state index contributed by atoms with van der Waals surface area (Å²) in [7, 11) is -4.02. The van der Waals surface area contributed by atoms with Crippen LogP contribution in [0.15, 0.2) is 53.6 Å². The van der Waals surface area contributed by atoms with Gasteiger partial charge in [-0.1, -0.05) is 11.6 Å². The zero-order valence-corrected chi connectivity index (χ0v) is 18.1. The predicted molar refractivity (Wildman–Crippen MR) is 117 cm³/mol. The van der Waals surface area contributed by atoms with Crippen LogP contribution in [-0.4, -0.2) is 34.1 Å². The number of hydrogen-bond acceptors (Lipinski definition) is 9. The summed E-state index contributed by atoms with van der Waals surface area (Å²) in [6, 6.07) is 7.92. The largest absolute Gasteiger partial charge is 0.322 e. The summed E-state index contributed by atoms with van der Waals surface area (Å²) >= 11 is 5.89. The zero-order chi connectivity index (χ0) is 24.3. The van der Waals surface area contributed by atoms with Crippen molar-refractivity contribution >= 4 is 50.5 Å². The van der Waals surface area contributed by atoms with Gasteiger partial charge in [0.05, 0.1) is 26.4 Å². The van der Waals surface area contributed by atoms with Crippen molar-refractivity contribution < 1.29 is 23.1 Å². The molecule has 13 nitrogen and oxygen atoms in total. The molecule has 3 aromatic rings. The van der Waals surface area contributed by atoms with E-state index in [0.717, 1.165) is 6.07 Å². The highest BCUT2D eigenvalue weighted by Gasteiger charge is 2.26. The normalized spacial score (nSPS) is 11.0. The first-order valence-electron chi connectivity index (χ1n) is 8.84. The molecule has 0 radical (unpaired) electrons. The highest BCUT2D eigenvalue weighted by atomic mass is 35.5. The van der Waals surface area contributed by atoms with Gasteiger partial charge in [-0.25, -0.2) is 23.1 Å². The molecule has 33 heavy (non-hydrogen) atoms. The monoisotopic (exact) mass is 492 g/mol. The van der Waals surface area contributed by atoms with Crippen LogP contribution in [0.25, 0.3) is 0 Å². The van der Waals surface area contributed by atoms with Gasteiger partial charge in [0, 0.05) is 23.6 Å². The molecule has 0 atom stereocenters. The molecule has 1 aromatic heterocycles. The number of nitro groups is 2. The van der Waals surface area contributed by atoms with Gasteiger partial charge in [0.15, 0.2) is 0 Å². The van der Waals surface area contributed by atoms with E-state index in [1.807, 2.05) is 0 Å². The fourth-order valence-electron chi connectivity index (χ4n) is 2.59. The first-order chi connectivity index (χ1) is 15.5. The fourth-order valence-corrected chi connectivity index (χ4v) is 3.81. The van der Waals surface area contributed by atoms with E-state index in [0.29, 0.717) is 11.8 Å². The minimum absolute atomic E-state index is 0.107. The van der Waals surface area contributed by atoms with Gasteiger partial charge in [0.1, 0.15) is 5.02 Å². The Morgan fingerprint density at radius 3 is 2.30 bits per heavy atom. The Labute approximate surface area is 190 Å². The second-order valence-electron chi connectivity index (χ2n) is 6.45. The topological polar surface area (TPSA) is 187 Å². The van der Waals surface area contributed by atoms with Crippen molar-refractivity contribution in [3.05, 3.63) is 85.2 Å². The van der Waals surface area contributed by atoms with Crippen LogP contribution in [0.5, 0.6) is 0 Å². The predicted octanol–water partition coefficient (Wildman–Crippen LogP) is 3.31. The molecular weight excluding hydrogens is 480 g/mol. The van der Waals surface area contributed by atoms with E-state index in [-0.39, 0.29) is 16.5 Å². The third-order valence-corrected chi connectivity index (χ3v) is 5.87. The molecule has 3 rings (SSSR count). The Kier molecular flexibility index (Phi) is 6.50. The Morgan fingerprint density at radius 2 is 1.73 bits per heavy atom. The number of amides is 1. The van der Waals surface area contributed by atoms with Crippen LogP contribution in [0, 0.1) is 27.2 Å². The summed E-state index contributed by atoms with van der Waals surface area (Å²) in [6.45, 7) is 1.67. The molecule has 2 aromatic carbocycles. The van der Waals surface area contributed by atoms with Gasteiger partial charge in [-0.3, -0.25) is 25.0 Å². The maximum atomic E-state index is 12.6. The number of nitro benzene ring substituents is 2. The lowest BCUT2D eigenvalue weighted by Gasteiger charge is -2.09. The zero-order valence-electron chi connectivity index (χ0n) is 16.6. The number of carbonyl (C=O) groups is 1.